The van der Waals surface area contributed by atoms with E-state index in [-0.39, 0.29) is 5.92 Å². The molecule has 9 heavy (non-hydrogen) atoms. The first kappa shape index (κ1) is 6.53. The van der Waals surface area contributed by atoms with E-state index >= 15 is 0 Å². The summed E-state index contributed by atoms with van der Waals surface area (Å²) in [7, 11) is 0. The highest BCUT2D eigenvalue weighted by Crippen LogP contribution is 2.15. The molecule has 0 spiro atoms. The SMILES string of the molecule is O=[C]C1CC=CCCC1. The second-order valence-electron chi connectivity index (χ2n) is 2.45. The summed E-state index contributed by atoms with van der Waals surface area (Å²) >= 11 is 0. The molecular weight excluding hydrogens is 112 g/mol. The van der Waals surface area contributed by atoms with Gasteiger partial charge in [0.25, 0.3) is 0 Å². The van der Waals surface area contributed by atoms with Gasteiger partial charge in [-0.2, -0.15) is 0 Å². The molecule has 0 heterocycles. The van der Waals surface area contributed by atoms with Crippen molar-refractivity contribution in [2.75, 3.05) is 0 Å². The number of allylic oxidation sites excluding steroid dienone is 2. The van der Waals surface area contributed by atoms with Gasteiger partial charge in [0.1, 0.15) is 0 Å². The summed E-state index contributed by atoms with van der Waals surface area (Å²) in [4.78, 5) is 10.2. The molecule has 0 fully saturated rings. The smallest absolute Gasteiger partial charge is 0.202 e. The monoisotopic (exact) mass is 123 g/mol. The first-order chi connectivity index (χ1) is 4.43. The molecule has 0 saturated heterocycles. The van der Waals surface area contributed by atoms with Crippen LogP contribution >= 0.6 is 0 Å². The van der Waals surface area contributed by atoms with Crippen molar-refractivity contribution >= 4 is 6.29 Å². The van der Waals surface area contributed by atoms with Crippen LogP contribution in [0.4, 0.5) is 0 Å². The maximum atomic E-state index is 10.2. The fourth-order valence-electron chi connectivity index (χ4n) is 1.09. The van der Waals surface area contributed by atoms with Crippen LogP contribution in [0.15, 0.2) is 12.2 Å². The minimum absolute atomic E-state index is 0.184. The Hall–Kier alpha value is -0.590. The fourth-order valence-corrected chi connectivity index (χ4v) is 1.09. The second-order valence-corrected chi connectivity index (χ2v) is 2.45. The Kier molecular flexibility index (Phi) is 2.49. The number of rotatable bonds is 1. The molecule has 0 aromatic heterocycles. The van der Waals surface area contributed by atoms with E-state index in [0.717, 1.165) is 25.7 Å². The Bertz CT molecular complexity index is 116. The zero-order chi connectivity index (χ0) is 6.53. The molecule has 1 radical (unpaired) electrons. The third kappa shape index (κ3) is 2.00. The Morgan fingerprint density at radius 3 is 3.11 bits per heavy atom. The standard InChI is InChI=1S/C8H11O/c9-7-8-5-3-1-2-4-6-8/h1,3,8H,2,4-6H2. The van der Waals surface area contributed by atoms with Crippen molar-refractivity contribution in [1.29, 1.82) is 0 Å². The Morgan fingerprint density at radius 1 is 1.44 bits per heavy atom. The average Bonchev–Trinajstić information content (AvgIpc) is 2.13. The van der Waals surface area contributed by atoms with Crippen LogP contribution in [0.3, 0.4) is 0 Å². The Balaban J connectivity index is 2.37. The van der Waals surface area contributed by atoms with Gasteiger partial charge in [-0.15, -0.1) is 0 Å². The largest absolute Gasteiger partial charge is 0.291 e. The molecule has 1 unspecified atom stereocenters. The minimum Gasteiger partial charge on any atom is -0.291 e. The average molecular weight is 123 g/mol. The van der Waals surface area contributed by atoms with Gasteiger partial charge in [-0.25, -0.2) is 0 Å². The van der Waals surface area contributed by atoms with E-state index in [4.69, 9.17) is 0 Å². The van der Waals surface area contributed by atoms with Crippen LogP contribution in [0.2, 0.25) is 0 Å². The summed E-state index contributed by atoms with van der Waals surface area (Å²) < 4.78 is 0. The van der Waals surface area contributed by atoms with E-state index in [0.29, 0.717) is 0 Å². The van der Waals surface area contributed by atoms with Crippen LogP contribution in [0.1, 0.15) is 25.7 Å². The van der Waals surface area contributed by atoms with Crippen molar-refractivity contribution in [3.8, 4) is 0 Å². The maximum absolute atomic E-state index is 10.2. The molecule has 1 heteroatoms. The minimum atomic E-state index is 0.184. The lowest BCUT2D eigenvalue weighted by Gasteiger charge is -1.99. The highest BCUT2D eigenvalue weighted by molar-refractivity contribution is 5.54. The normalized spacial score (nSPS) is 27.3. The van der Waals surface area contributed by atoms with Crippen molar-refractivity contribution < 1.29 is 4.79 Å². The summed E-state index contributed by atoms with van der Waals surface area (Å²) in [5.74, 6) is 0.184. The Morgan fingerprint density at radius 2 is 2.33 bits per heavy atom. The Labute approximate surface area is 55.8 Å². The highest BCUT2D eigenvalue weighted by atomic mass is 16.1. The zero-order valence-electron chi connectivity index (χ0n) is 5.47. The van der Waals surface area contributed by atoms with Gasteiger partial charge < -0.3 is 0 Å². The molecule has 1 rings (SSSR count). The number of hydrogen-bond donors (Lipinski definition) is 0. The lowest BCUT2D eigenvalue weighted by molar-refractivity contribution is 0.505. The lowest BCUT2D eigenvalue weighted by Crippen LogP contribution is -1.97. The van der Waals surface area contributed by atoms with E-state index in [9.17, 15) is 4.79 Å². The van der Waals surface area contributed by atoms with Crippen LogP contribution in [0.5, 0.6) is 0 Å². The predicted octanol–water partition coefficient (Wildman–Crippen LogP) is 1.84. The number of hydrogen-bond acceptors (Lipinski definition) is 1. The molecule has 1 aliphatic rings. The predicted molar refractivity (Wildman–Crippen MR) is 36.8 cm³/mol. The topological polar surface area (TPSA) is 17.1 Å². The summed E-state index contributed by atoms with van der Waals surface area (Å²) in [6.07, 6.45) is 10.5. The van der Waals surface area contributed by atoms with Gasteiger partial charge >= 0.3 is 0 Å². The van der Waals surface area contributed by atoms with Crippen molar-refractivity contribution in [2.45, 2.75) is 25.7 Å². The molecule has 49 valence electrons. The first-order valence-electron chi connectivity index (χ1n) is 3.46. The second kappa shape index (κ2) is 3.44. The van der Waals surface area contributed by atoms with Gasteiger partial charge in [-0.3, -0.25) is 4.79 Å². The van der Waals surface area contributed by atoms with E-state index in [2.05, 4.69) is 12.2 Å². The molecule has 0 aliphatic heterocycles. The van der Waals surface area contributed by atoms with Gasteiger partial charge in [0.15, 0.2) is 0 Å². The first-order valence-corrected chi connectivity index (χ1v) is 3.46. The maximum Gasteiger partial charge on any atom is 0.202 e. The third-order valence-corrected chi connectivity index (χ3v) is 1.68. The van der Waals surface area contributed by atoms with E-state index in [1.165, 1.54) is 0 Å². The highest BCUT2D eigenvalue weighted by Gasteiger charge is 2.07. The molecule has 0 N–H and O–H groups in total. The van der Waals surface area contributed by atoms with E-state index in [1.54, 1.807) is 0 Å². The van der Waals surface area contributed by atoms with Gasteiger partial charge in [-0.1, -0.05) is 12.2 Å². The van der Waals surface area contributed by atoms with Gasteiger partial charge in [0, 0.05) is 5.92 Å². The van der Waals surface area contributed by atoms with Crippen LogP contribution in [0, 0.1) is 5.92 Å². The van der Waals surface area contributed by atoms with Gasteiger partial charge in [0.2, 0.25) is 6.29 Å². The molecule has 0 saturated carbocycles. The summed E-state index contributed by atoms with van der Waals surface area (Å²) in [6, 6.07) is 0. The third-order valence-electron chi connectivity index (χ3n) is 1.68. The molecule has 0 aromatic rings. The molecular formula is C8H11O. The molecule has 1 atom stereocenters. The van der Waals surface area contributed by atoms with Gasteiger partial charge in [0.05, 0.1) is 0 Å². The molecule has 1 aliphatic carbocycles. The molecule has 0 amide bonds. The van der Waals surface area contributed by atoms with Crippen molar-refractivity contribution in [3.05, 3.63) is 12.2 Å². The lowest BCUT2D eigenvalue weighted by atomic mass is 10.0. The summed E-state index contributed by atoms with van der Waals surface area (Å²) in [5, 5.41) is 0. The molecule has 1 nitrogen and oxygen atoms in total. The number of carbonyl (C=O) groups excluding carboxylic acids is 1. The molecule has 0 bridgehead atoms. The summed E-state index contributed by atoms with van der Waals surface area (Å²) in [6.45, 7) is 0. The van der Waals surface area contributed by atoms with Crippen molar-refractivity contribution in [1.82, 2.24) is 0 Å². The molecule has 0 aromatic carbocycles. The van der Waals surface area contributed by atoms with E-state index in [1.807, 2.05) is 6.29 Å². The fraction of sp³-hybridized carbons (Fsp3) is 0.625. The quantitative estimate of drug-likeness (QED) is 0.486. The van der Waals surface area contributed by atoms with Gasteiger partial charge in [-0.05, 0) is 25.7 Å². The van der Waals surface area contributed by atoms with Crippen LogP contribution in [-0.4, -0.2) is 6.29 Å². The van der Waals surface area contributed by atoms with E-state index < -0.39 is 0 Å². The van der Waals surface area contributed by atoms with Crippen LogP contribution in [-0.2, 0) is 4.79 Å². The summed E-state index contributed by atoms with van der Waals surface area (Å²) in [5.41, 5.74) is 0. The van der Waals surface area contributed by atoms with Crippen molar-refractivity contribution in [3.63, 3.8) is 0 Å². The van der Waals surface area contributed by atoms with Crippen LogP contribution < -0.4 is 0 Å². The van der Waals surface area contributed by atoms with Crippen molar-refractivity contribution in [2.24, 2.45) is 5.92 Å². The zero-order valence-corrected chi connectivity index (χ0v) is 5.47. The van der Waals surface area contributed by atoms with Crippen LogP contribution in [0.25, 0.3) is 0 Å².